The number of hydrogen-bond acceptors (Lipinski definition) is 6. The zero-order valence-electron chi connectivity index (χ0n) is 11.5. The van der Waals surface area contributed by atoms with Gasteiger partial charge in [-0.25, -0.2) is 0 Å². The van der Waals surface area contributed by atoms with Crippen LogP contribution >= 0.6 is 0 Å². The summed E-state index contributed by atoms with van der Waals surface area (Å²) in [5.41, 5.74) is 0. The average molecular weight is 269 g/mol. The Balaban J connectivity index is 1.84. The Hall–Kier alpha value is -0.980. The van der Waals surface area contributed by atoms with Crippen LogP contribution in [0.1, 0.15) is 43.8 Å². The maximum atomic E-state index is 9.45. The molecule has 1 aliphatic rings. The Morgan fingerprint density at radius 3 is 3.00 bits per heavy atom. The number of aliphatic hydroxyl groups excluding tert-OH is 1. The van der Waals surface area contributed by atoms with E-state index in [2.05, 4.69) is 15.5 Å². The fourth-order valence-electron chi connectivity index (χ4n) is 2.64. The summed E-state index contributed by atoms with van der Waals surface area (Å²) in [5, 5.41) is 16.7. The zero-order valence-corrected chi connectivity index (χ0v) is 11.5. The third-order valence-electron chi connectivity index (χ3n) is 3.69. The molecule has 19 heavy (non-hydrogen) atoms. The maximum Gasteiger partial charge on any atom is 0.240 e. The highest BCUT2D eigenvalue weighted by molar-refractivity contribution is 4.86. The summed E-state index contributed by atoms with van der Waals surface area (Å²) >= 11 is 0. The molecule has 2 rings (SSSR count). The van der Waals surface area contributed by atoms with E-state index in [0.29, 0.717) is 36.8 Å². The minimum atomic E-state index is 0.246. The molecular formula is C13H23N3O3. The SMILES string of the molecule is COCc1noc(CN[C@H]2CCCCC[C@@H]2CO)n1. The molecule has 0 aliphatic heterocycles. The lowest BCUT2D eigenvalue weighted by Gasteiger charge is -2.23. The number of rotatable bonds is 6. The number of aliphatic hydroxyl groups is 1. The van der Waals surface area contributed by atoms with E-state index in [4.69, 9.17) is 9.26 Å². The van der Waals surface area contributed by atoms with Crippen molar-refractivity contribution in [2.24, 2.45) is 5.92 Å². The van der Waals surface area contributed by atoms with Crippen molar-refractivity contribution >= 4 is 0 Å². The van der Waals surface area contributed by atoms with Crippen LogP contribution in [0, 0.1) is 5.92 Å². The van der Waals surface area contributed by atoms with Crippen LogP contribution in [0.15, 0.2) is 4.52 Å². The molecule has 1 aromatic rings. The van der Waals surface area contributed by atoms with Crippen molar-refractivity contribution in [1.82, 2.24) is 15.5 Å². The quantitative estimate of drug-likeness (QED) is 0.756. The first-order valence-corrected chi connectivity index (χ1v) is 6.98. The fraction of sp³-hybridized carbons (Fsp3) is 0.846. The first-order valence-electron chi connectivity index (χ1n) is 6.98. The van der Waals surface area contributed by atoms with Crippen LogP contribution in [0.3, 0.4) is 0 Å². The molecule has 6 heteroatoms. The van der Waals surface area contributed by atoms with Gasteiger partial charge in [-0.1, -0.05) is 24.4 Å². The molecule has 1 aliphatic carbocycles. The van der Waals surface area contributed by atoms with Crippen LogP contribution in [0.4, 0.5) is 0 Å². The van der Waals surface area contributed by atoms with Gasteiger partial charge >= 0.3 is 0 Å². The zero-order chi connectivity index (χ0) is 13.5. The third-order valence-corrected chi connectivity index (χ3v) is 3.69. The van der Waals surface area contributed by atoms with Crippen LogP contribution in [0.5, 0.6) is 0 Å². The van der Waals surface area contributed by atoms with Crippen LogP contribution in [0.25, 0.3) is 0 Å². The summed E-state index contributed by atoms with van der Waals surface area (Å²) in [7, 11) is 1.60. The fourth-order valence-corrected chi connectivity index (χ4v) is 2.64. The summed E-state index contributed by atoms with van der Waals surface area (Å²) in [6.45, 7) is 1.17. The molecule has 2 atom stereocenters. The molecular weight excluding hydrogens is 246 g/mol. The first-order chi connectivity index (χ1) is 9.33. The first kappa shape index (κ1) is 14.4. The van der Waals surface area contributed by atoms with Crippen molar-refractivity contribution in [3.8, 4) is 0 Å². The van der Waals surface area contributed by atoms with Gasteiger partial charge in [0.25, 0.3) is 0 Å². The summed E-state index contributed by atoms with van der Waals surface area (Å²) in [6, 6.07) is 0.338. The normalized spacial score (nSPS) is 24.3. The number of nitrogens with one attached hydrogen (secondary N) is 1. The molecule has 0 bridgehead atoms. The second kappa shape index (κ2) is 7.57. The summed E-state index contributed by atoms with van der Waals surface area (Å²) in [6.07, 6.45) is 5.87. The lowest BCUT2D eigenvalue weighted by molar-refractivity contribution is 0.174. The van der Waals surface area contributed by atoms with Gasteiger partial charge in [-0.3, -0.25) is 0 Å². The van der Waals surface area contributed by atoms with Gasteiger partial charge in [-0.15, -0.1) is 0 Å². The minimum absolute atomic E-state index is 0.246. The number of ether oxygens (including phenoxy) is 1. The van der Waals surface area contributed by atoms with Crippen molar-refractivity contribution in [3.63, 3.8) is 0 Å². The van der Waals surface area contributed by atoms with Crippen molar-refractivity contribution in [2.45, 2.75) is 51.3 Å². The Morgan fingerprint density at radius 1 is 1.37 bits per heavy atom. The minimum Gasteiger partial charge on any atom is -0.396 e. The molecule has 1 fully saturated rings. The van der Waals surface area contributed by atoms with Gasteiger partial charge in [-0.05, 0) is 18.8 Å². The number of aromatic nitrogens is 2. The molecule has 0 saturated heterocycles. The van der Waals surface area contributed by atoms with Gasteiger partial charge in [0.1, 0.15) is 6.61 Å². The van der Waals surface area contributed by atoms with Gasteiger partial charge in [0.2, 0.25) is 5.89 Å². The summed E-state index contributed by atoms with van der Waals surface area (Å²) in [5.74, 6) is 1.48. The Bertz CT molecular complexity index is 370. The van der Waals surface area contributed by atoms with E-state index in [-0.39, 0.29) is 6.61 Å². The maximum absolute atomic E-state index is 9.45. The van der Waals surface area contributed by atoms with Gasteiger partial charge in [-0.2, -0.15) is 4.98 Å². The summed E-state index contributed by atoms with van der Waals surface area (Å²) in [4.78, 5) is 4.23. The molecule has 6 nitrogen and oxygen atoms in total. The van der Waals surface area contributed by atoms with Crippen molar-refractivity contribution in [1.29, 1.82) is 0 Å². The highest BCUT2D eigenvalue weighted by Crippen LogP contribution is 2.23. The predicted octanol–water partition coefficient (Wildman–Crippen LogP) is 1.25. The third kappa shape index (κ3) is 4.26. The molecule has 1 heterocycles. The lowest BCUT2D eigenvalue weighted by Crippen LogP contribution is -2.37. The molecule has 0 spiro atoms. The van der Waals surface area contributed by atoms with E-state index < -0.39 is 0 Å². The monoisotopic (exact) mass is 269 g/mol. The standard InChI is InChI=1S/C13H23N3O3/c1-18-9-12-15-13(19-16-12)7-14-11-6-4-2-3-5-10(11)8-17/h10-11,14,17H,2-9H2,1H3/t10-,11+/m1/s1. The topological polar surface area (TPSA) is 80.4 Å². The molecule has 0 amide bonds. The van der Waals surface area contributed by atoms with Gasteiger partial charge in [0.05, 0.1) is 6.54 Å². The Labute approximate surface area is 113 Å². The van der Waals surface area contributed by atoms with Crippen LogP contribution in [-0.2, 0) is 17.9 Å². The van der Waals surface area contributed by atoms with Gasteiger partial charge in [0.15, 0.2) is 5.82 Å². The van der Waals surface area contributed by atoms with Crippen LogP contribution in [-0.4, -0.2) is 35.0 Å². The highest BCUT2D eigenvalue weighted by Gasteiger charge is 2.23. The van der Waals surface area contributed by atoms with Gasteiger partial charge in [0, 0.05) is 19.8 Å². The lowest BCUT2D eigenvalue weighted by atomic mass is 9.96. The van der Waals surface area contributed by atoms with E-state index >= 15 is 0 Å². The van der Waals surface area contributed by atoms with Crippen LogP contribution in [0.2, 0.25) is 0 Å². The second-order valence-corrected chi connectivity index (χ2v) is 5.11. The highest BCUT2D eigenvalue weighted by atomic mass is 16.5. The number of methoxy groups -OCH3 is 1. The van der Waals surface area contributed by atoms with E-state index in [1.54, 1.807) is 7.11 Å². The van der Waals surface area contributed by atoms with Gasteiger partial charge < -0.3 is 19.7 Å². The smallest absolute Gasteiger partial charge is 0.240 e. The number of hydrogen-bond donors (Lipinski definition) is 2. The molecule has 0 aromatic carbocycles. The van der Waals surface area contributed by atoms with Crippen molar-refractivity contribution in [2.75, 3.05) is 13.7 Å². The Morgan fingerprint density at radius 2 is 2.21 bits per heavy atom. The predicted molar refractivity (Wildman–Crippen MR) is 69.3 cm³/mol. The average Bonchev–Trinajstić information content (AvgIpc) is 2.74. The Kier molecular flexibility index (Phi) is 5.75. The molecule has 1 aromatic heterocycles. The summed E-state index contributed by atoms with van der Waals surface area (Å²) < 4.78 is 10.1. The van der Waals surface area contributed by atoms with E-state index in [9.17, 15) is 5.11 Å². The molecule has 0 unspecified atom stereocenters. The largest absolute Gasteiger partial charge is 0.396 e. The molecule has 2 N–H and O–H groups in total. The van der Waals surface area contributed by atoms with E-state index in [1.165, 1.54) is 19.3 Å². The second-order valence-electron chi connectivity index (χ2n) is 5.11. The van der Waals surface area contributed by atoms with Crippen LogP contribution < -0.4 is 5.32 Å². The van der Waals surface area contributed by atoms with Crippen molar-refractivity contribution < 1.29 is 14.4 Å². The van der Waals surface area contributed by atoms with Crippen molar-refractivity contribution in [3.05, 3.63) is 11.7 Å². The molecule has 1 saturated carbocycles. The molecule has 108 valence electrons. The van der Waals surface area contributed by atoms with E-state index in [0.717, 1.165) is 12.8 Å². The molecule has 0 radical (unpaired) electrons. The van der Waals surface area contributed by atoms with E-state index in [1.807, 2.05) is 0 Å². The number of nitrogens with zero attached hydrogens (tertiary/aromatic N) is 2.